The Kier molecular flexibility index (Phi) is 3.52. The Bertz CT molecular complexity index is 600. The van der Waals surface area contributed by atoms with Crippen molar-refractivity contribution >= 4 is 11.6 Å². The Labute approximate surface area is 118 Å². The van der Waals surface area contributed by atoms with Gasteiger partial charge in [-0.15, -0.1) is 0 Å². The van der Waals surface area contributed by atoms with E-state index in [1.54, 1.807) is 0 Å². The lowest BCUT2D eigenvalue weighted by molar-refractivity contribution is 0.214. The molecule has 0 fully saturated rings. The highest BCUT2D eigenvalue weighted by Crippen LogP contribution is 2.39. The van der Waals surface area contributed by atoms with E-state index in [-0.39, 0.29) is 16.1 Å². The number of hydrogen-bond acceptors (Lipinski definition) is 3. The molecule has 0 N–H and O–H groups in total. The molecule has 0 spiro atoms. The van der Waals surface area contributed by atoms with Gasteiger partial charge in [-0.25, -0.2) is 4.98 Å². The van der Waals surface area contributed by atoms with Crippen LogP contribution in [0, 0.1) is 34.0 Å². The number of fused-ring (bicyclic) bond motifs is 1. The molecule has 1 aliphatic carbocycles. The van der Waals surface area contributed by atoms with E-state index in [1.165, 1.54) is 0 Å². The van der Waals surface area contributed by atoms with Gasteiger partial charge in [-0.05, 0) is 36.2 Å². The van der Waals surface area contributed by atoms with E-state index in [4.69, 9.17) is 16.9 Å². The summed E-state index contributed by atoms with van der Waals surface area (Å²) in [7, 11) is 0. The fraction of sp³-hybridized carbons (Fsp3) is 0.533. The molecule has 98 valence electrons. The molecule has 0 aromatic carbocycles. The quantitative estimate of drug-likeness (QED) is 0.678. The van der Waals surface area contributed by atoms with Crippen LogP contribution in [0.4, 0.5) is 0 Å². The molecule has 3 nitrogen and oxygen atoms in total. The van der Waals surface area contributed by atoms with Crippen LogP contribution in [0.3, 0.4) is 0 Å². The second-order valence-electron chi connectivity index (χ2n) is 6.11. The van der Waals surface area contributed by atoms with Crippen molar-refractivity contribution in [2.75, 3.05) is 0 Å². The molecule has 0 saturated heterocycles. The van der Waals surface area contributed by atoms with Gasteiger partial charge in [0.05, 0.1) is 5.56 Å². The Morgan fingerprint density at radius 3 is 2.37 bits per heavy atom. The van der Waals surface area contributed by atoms with Crippen LogP contribution in [-0.2, 0) is 12.8 Å². The van der Waals surface area contributed by atoms with E-state index in [9.17, 15) is 5.26 Å². The maximum atomic E-state index is 9.33. The summed E-state index contributed by atoms with van der Waals surface area (Å²) in [5.41, 5.74) is 2.65. The summed E-state index contributed by atoms with van der Waals surface area (Å²) in [6.07, 6.45) is 2.69. The van der Waals surface area contributed by atoms with E-state index in [1.807, 2.05) is 6.07 Å². The van der Waals surface area contributed by atoms with Gasteiger partial charge in [0.1, 0.15) is 22.9 Å². The highest BCUT2D eigenvalue weighted by Gasteiger charge is 2.32. The number of hydrogen-bond donors (Lipinski definition) is 0. The Morgan fingerprint density at radius 2 is 1.84 bits per heavy atom. The van der Waals surface area contributed by atoms with Crippen LogP contribution in [-0.4, -0.2) is 4.98 Å². The predicted molar refractivity (Wildman–Crippen MR) is 73.6 cm³/mol. The first-order chi connectivity index (χ1) is 8.88. The molecule has 2 rings (SSSR count). The molecular weight excluding hydrogens is 258 g/mol. The smallest absolute Gasteiger partial charge is 0.148 e. The van der Waals surface area contributed by atoms with E-state index in [0.29, 0.717) is 11.5 Å². The number of nitriles is 2. The van der Waals surface area contributed by atoms with Gasteiger partial charge < -0.3 is 0 Å². The van der Waals surface area contributed by atoms with Crippen molar-refractivity contribution in [1.29, 1.82) is 10.5 Å². The lowest BCUT2D eigenvalue weighted by atomic mass is 9.70. The summed E-state index contributed by atoms with van der Waals surface area (Å²) in [6.45, 7) is 6.63. The lowest BCUT2D eigenvalue weighted by Gasteiger charge is -2.35. The highest BCUT2D eigenvalue weighted by atomic mass is 35.5. The van der Waals surface area contributed by atoms with Crippen LogP contribution in [0.5, 0.6) is 0 Å². The van der Waals surface area contributed by atoms with E-state index in [0.717, 1.165) is 30.5 Å². The van der Waals surface area contributed by atoms with Crippen molar-refractivity contribution < 1.29 is 0 Å². The zero-order valence-electron chi connectivity index (χ0n) is 11.4. The lowest BCUT2D eigenvalue weighted by Crippen LogP contribution is -2.28. The van der Waals surface area contributed by atoms with Gasteiger partial charge in [0.2, 0.25) is 0 Å². The molecule has 1 unspecified atom stereocenters. The van der Waals surface area contributed by atoms with Gasteiger partial charge in [-0.3, -0.25) is 0 Å². The minimum absolute atomic E-state index is 0.159. The van der Waals surface area contributed by atoms with Crippen molar-refractivity contribution in [3.05, 3.63) is 27.5 Å². The first-order valence-electron chi connectivity index (χ1n) is 6.40. The molecule has 0 amide bonds. The molecule has 1 aromatic rings. The van der Waals surface area contributed by atoms with Crippen LogP contribution in [0.25, 0.3) is 0 Å². The third kappa shape index (κ3) is 2.44. The van der Waals surface area contributed by atoms with E-state index < -0.39 is 0 Å². The SMILES string of the molecule is CC(C)(C)C1CCc2nc(Cl)c(C#N)c(C#N)c2C1. The van der Waals surface area contributed by atoms with Crippen molar-refractivity contribution in [2.24, 2.45) is 11.3 Å². The molecule has 1 aliphatic rings. The molecule has 1 aromatic heterocycles. The van der Waals surface area contributed by atoms with Gasteiger partial charge in [0.25, 0.3) is 0 Å². The maximum Gasteiger partial charge on any atom is 0.148 e. The number of rotatable bonds is 0. The van der Waals surface area contributed by atoms with Crippen LogP contribution in [0.1, 0.15) is 49.6 Å². The average Bonchev–Trinajstić information content (AvgIpc) is 2.35. The number of aryl methyl sites for hydroxylation is 1. The molecule has 1 heterocycles. The van der Waals surface area contributed by atoms with Gasteiger partial charge >= 0.3 is 0 Å². The highest BCUT2D eigenvalue weighted by molar-refractivity contribution is 6.30. The Hall–Kier alpha value is -1.58. The Morgan fingerprint density at radius 1 is 1.21 bits per heavy atom. The van der Waals surface area contributed by atoms with Gasteiger partial charge in [-0.1, -0.05) is 32.4 Å². The van der Waals surface area contributed by atoms with Crippen molar-refractivity contribution in [3.63, 3.8) is 0 Å². The fourth-order valence-electron chi connectivity index (χ4n) is 2.69. The maximum absolute atomic E-state index is 9.33. The first kappa shape index (κ1) is 13.8. The van der Waals surface area contributed by atoms with Crippen LogP contribution >= 0.6 is 11.6 Å². The van der Waals surface area contributed by atoms with E-state index in [2.05, 4.69) is 31.8 Å². The van der Waals surface area contributed by atoms with Crippen LogP contribution < -0.4 is 0 Å². The minimum Gasteiger partial charge on any atom is -0.239 e. The normalized spacial score (nSPS) is 18.3. The average molecular weight is 274 g/mol. The van der Waals surface area contributed by atoms with Crippen molar-refractivity contribution in [1.82, 2.24) is 4.98 Å². The van der Waals surface area contributed by atoms with E-state index >= 15 is 0 Å². The first-order valence-corrected chi connectivity index (χ1v) is 6.77. The standard InChI is InChI=1S/C15H16ClN3/c1-15(2,3)9-4-5-13-10(6-9)11(7-17)12(8-18)14(16)19-13/h9H,4-6H2,1-3H3. The summed E-state index contributed by atoms with van der Waals surface area (Å²) in [4.78, 5) is 4.30. The molecule has 4 heteroatoms. The zero-order valence-corrected chi connectivity index (χ0v) is 12.2. The monoisotopic (exact) mass is 273 g/mol. The van der Waals surface area contributed by atoms with Crippen molar-refractivity contribution in [3.8, 4) is 12.1 Å². The van der Waals surface area contributed by atoms with Crippen LogP contribution in [0.2, 0.25) is 5.15 Å². The second kappa shape index (κ2) is 4.83. The number of halogens is 1. The molecule has 0 saturated carbocycles. The fourth-order valence-corrected chi connectivity index (χ4v) is 2.93. The predicted octanol–water partition coefficient (Wildman–Crippen LogP) is 3.63. The third-order valence-corrected chi connectivity index (χ3v) is 4.24. The van der Waals surface area contributed by atoms with Gasteiger partial charge in [0, 0.05) is 5.69 Å². The molecule has 0 aliphatic heterocycles. The summed E-state index contributed by atoms with van der Waals surface area (Å²) in [5.74, 6) is 0.501. The zero-order chi connectivity index (χ0) is 14.2. The third-order valence-electron chi connectivity index (χ3n) is 3.97. The molecular formula is C15H16ClN3. The topological polar surface area (TPSA) is 60.5 Å². The number of aromatic nitrogens is 1. The van der Waals surface area contributed by atoms with Crippen molar-refractivity contribution in [2.45, 2.75) is 40.0 Å². The summed E-state index contributed by atoms with van der Waals surface area (Å²) < 4.78 is 0. The summed E-state index contributed by atoms with van der Waals surface area (Å²) in [6, 6.07) is 4.14. The second-order valence-corrected chi connectivity index (χ2v) is 6.47. The molecule has 1 atom stereocenters. The molecule has 0 bridgehead atoms. The Balaban J connectivity index is 2.56. The largest absolute Gasteiger partial charge is 0.239 e. The van der Waals surface area contributed by atoms with Gasteiger partial charge in [0.15, 0.2) is 0 Å². The summed E-state index contributed by atoms with van der Waals surface area (Å²) >= 11 is 5.99. The summed E-state index contributed by atoms with van der Waals surface area (Å²) in [5, 5.41) is 18.6. The minimum atomic E-state index is 0.159. The van der Waals surface area contributed by atoms with Crippen LogP contribution in [0.15, 0.2) is 0 Å². The molecule has 19 heavy (non-hydrogen) atoms. The molecule has 0 radical (unpaired) electrons. The number of pyridine rings is 1. The number of nitrogens with zero attached hydrogens (tertiary/aromatic N) is 3. The van der Waals surface area contributed by atoms with Gasteiger partial charge in [-0.2, -0.15) is 10.5 Å².